The fourth-order valence-corrected chi connectivity index (χ4v) is 2.46. The van der Waals surface area contributed by atoms with Crippen LogP contribution in [0.15, 0.2) is 18.2 Å². The van der Waals surface area contributed by atoms with Crippen molar-refractivity contribution in [3.05, 3.63) is 18.2 Å². The predicted octanol–water partition coefficient (Wildman–Crippen LogP) is 2.12. The molecule has 1 saturated carbocycles. The maximum absolute atomic E-state index is 5.93. The van der Waals surface area contributed by atoms with Gasteiger partial charge in [0, 0.05) is 23.9 Å². The van der Waals surface area contributed by atoms with Gasteiger partial charge in [0.15, 0.2) is 5.82 Å². The van der Waals surface area contributed by atoms with E-state index in [2.05, 4.69) is 15.5 Å². The molecular weight excluding hydrogens is 254 g/mol. The van der Waals surface area contributed by atoms with Crippen molar-refractivity contribution in [1.29, 1.82) is 0 Å². The first-order chi connectivity index (χ1) is 9.76. The lowest BCUT2D eigenvalue weighted by Crippen LogP contribution is -2.19. The van der Waals surface area contributed by atoms with Crippen LogP contribution in [-0.2, 0) is 6.54 Å². The number of nitrogen functional groups attached to an aromatic ring is 1. The lowest BCUT2D eigenvalue weighted by atomic mass is 9.85. The summed E-state index contributed by atoms with van der Waals surface area (Å²) in [4.78, 5) is 0. The molecule has 1 aliphatic rings. The van der Waals surface area contributed by atoms with Crippen molar-refractivity contribution >= 4 is 5.69 Å². The first-order valence-corrected chi connectivity index (χ1v) is 7.06. The fourth-order valence-electron chi connectivity index (χ4n) is 2.46. The van der Waals surface area contributed by atoms with Crippen LogP contribution in [0.4, 0.5) is 5.69 Å². The third-order valence-electron chi connectivity index (χ3n) is 3.69. The Bertz CT molecular complexity index is 591. The molecule has 0 bridgehead atoms. The second-order valence-corrected chi connectivity index (χ2v) is 5.21. The molecule has 1 aromatic heterocycles. The van der Waals surface area contributed by atoms with Crippen LogP contribution in [0.3, 0.4) is 0 Å². The zero-order valence-electron chi connectivity index (χ0n) is 11.6. The fraction of sp³-hybridized carbons (Fsp3) is 0.500. The highest BCUT2D eigenvalue weighted by Gasteiger charge is 2.21. The van der Waals surface area contributed by atoms with Gasteiger partial charge in [0.2, 0.25) is 0 Å². The van der Waals surface area contributed by atoms with Gasteiger partial charge < -0.3 is 10.5 Å². The van der Waals surface area contributed by atoms with E-state index >= 15 is 0 Å². The minimum Gasteiger partial charge on any atom is -0.494 e. The van der Waals surface area contributed by atoms with Gasteiger partial charge in [0.1, 0.15) is 5.75 Å². The maximum Gasteiger partial charge on any atom is 0.182 e. The molecule has 0 radical (unpaired) electrons. The number of ether oxygens (including phenoxy) is 1. The minimum absolute atomic E-state index is 0.607. The molecule has 0 aliphatic heterocycles. The van der Waals surface area contributed by atoms with Crippen molar-refractivity contribution in [3.63, 3.8) is 0 Å². The van der Waals surface area contributed by atoms with Crippen molar-refractivity contribution in [2.45, 2.75) is 32.7 Å². The Morgan fingerprint density at radius 2 is 2.20 bits per heavy atom. The average Bonchev–Trinajstić information content (AvgIpc) is 2.81. The summed E-state index contributed by atoms with van der Waals surface area (Å²) in [6.07, 6.45) is 3.84. The molecule has 0 amide bonds. The lowest BCUT2D eigenvalue weighted by Gasteiger charge is -2.25. The van der Waals surface area contributed by atoms with E-state index < -0.39 is 0 Å². The Morgan fingerprint density at radius 1 is 1.35 bits per heavy atom. The summed E-state index contributed by atoms with van der Waals surface area (Å²) in [5, 5.41) is 12.0. The van der Waals surface area contributed by atoms with Crippen LogP contribution in [-0.4, -0.2) is 26.8 Å². The smallest absolute Gasteiger partial charge is 0.182 e. The molecule has 2 aromatic rings. The van der Waals surface area contributed by atoms with Gasteiger partial charge in [-0.1, -0.05) is 6.42 Å². The molecule has 0 spiro atoms. The molecule has 1 fully saturated rings. The third kappa shape index (κ3) is 2.59. The Labute approximate surface area is 117 Å². The van der Waals surface area contributed by atoms with Gasteiger partial charge in [-0.2, -0.15) is 0 Å². The van der Waals surface area contributed by atoms with Crippen LogP contribution < -0.4 is 10.5 Å². The molecule has 106 valence electrons. The van der Waals surface area contributed by atoms with Gasteiger partial charge in [-0.25, -0.2) is 4.68 Å². The summed E-state index contributed by atoms with van der Waals surface area (Å²) < 4.78 is 7.39. The van der Waals surface area contributed by atoms with Gasteiger partial charge in [-0.05, 0) is 48.2 Å². The Kier molecular flexibility index (Phi) is 3.54. The number of aromatic nitrogens is 4. The third-order valence-corrected chi connectivity index (χ3v) is 3.69. The maximum atomic E-state index is 5.93. The number of hydrogen-bond donors (Lipinski definition) is 1. The van der Waals surface area contributed by atoms with Crippen molar-refractivity contribution in [3.8, 4) is 17.1 Å². The Hall–Kier alpha value is -2.11. The van der Waals surface area contributed by atoms with Gasteiger partial charge in [0.05, 0.1) is 6.61 Å². The summed E-state index contributed by atoms with van der Waals surface area (Å²) in [5.41, 5.74) is 7.48. The number of rotatable bonds is 5. The molecule has 1 aliphatic carbocycles. The van der Waals surface area contributed by atoms with Gasteiger partial charge in [-0.15, -0.1) is 5.10 Å². The molecule has 2 N–H and O–H groups in total. The Morgan fingerprint density at radius 3 is 2.90 bits per heavy atom. The molecule has 6 heteroatoms. The van der Waals surface area contributed by atoms with E-state index in [0.717, 1.165) is 23.7 Å². The molecular formula is C14H19N5O. The largest absolute Gasteiger partial charge is 0.494 e. The van der Waals surface area contributed by atoms with Crippen molar-refractivity contribution in [2.75, 3.05) is 12.3 Å². The van der Waals surface area contributed by atoms with E-state index in [0.29, 0.717) is 18.2 Å². The summed E-state index contributed by atoms with van der Waals surface area (Å²) in [7, 11) is 0. The van der Waals surface area contributed by atoms with Gasteiger partial charge in [0.25, 0.3) is 0 Å². The van der Waals surface area contributed by atoms with Crippen LogP contribution in [0.1, 0.15) is 26.2 Å². The normalized spacial score (nSPS) is 15.1. The topological polar surface area (TPSA) is 78.8 Å². The van der Waals surface area contributed by atoms with Crippen LogP contribution >= 0.6 is 0 Å². The standard InChI is InChI=1S/C14H19N5O/c1-2-20-13-7-11(6-12(15)8-13)14-16-17-18-19(14)9-10-4-3-5-10/h6-8,10H,2-5,9,15H2,1H3. The van der Waals surface area contributed by atoms with Crippen LogP contribution in [0.25, 0.3) is 11.4 Å². The van der Waals surface area contributed by atoms with Crippen LogP contribution in [0.5, 0.6) is 5.75 Å². The zero-order chi connectivity index (χ0) is 13.9. The predicted molar refractivity (Wildman–Crippen MR) is 76.2 cm³/mol. The van der Waals surface area contributed by atoms with E-state index in [1.165, 1.54) is 19.3 Å². The summed E-state index contributed by atoms with van der Waals surface area (Å²) in [6.45, 7) is 3.43. The number of tetrazole rings is 1. The lowest BCUT2D eigenvalue weighted by molar-refractivity contribution is 0.265. The molecule has 1 aromatic carbocycles. The van der Waals surface area contributed by atoms with Crippen molar-refractivity contribution in [1.82, 2.24) is 20.2 Å². The Balaban J connectivity index is 1.89. The van der Waals surface area contributed by atoms with E-state index in [1.807, 2.05) is 29.8 Å². The molecule has 20 heavy (non-hydrogen) atoms. The number of benzene rings is 1. The highest BCUT2D eigenvalue weighted by molar-refractivity contribution is 5.64. The quantitative estimate of drug-likeness (QED) is 0.844. The van der Waals surface area contributed by atoms with Crippen molar-refractivity contribution < 1.29 is 4.74 Å². The summed E-state index contributed by atoms with van der Waals surface area (Å²) in [5.74, 6) is 2.20. The van der Waals surface area contributed by atoms with E-state index in [1.54, 1.807) is 0 Å². The number of nitrogens with two attached hydrogens (primary N) is 1. The van der Waals surface area contributed by atoms with Crippen LogP contribution in [0, 0.1) is 5.92 Å². The van der Waals surface area contributed by atoms with Crippen LogP contribution in [0.2, 0.25) is 0 Å². The zero-order valence-corrected chi connectivity index (χ0v) is 11.6. The SMILES string of the molecule is CCOc1cc(N)cc(-c2nnnn2CC2CCC2)c1. The monoisotopic (exact) mass is 273 g/mol. The molecule has 3 rings (SSSR count). The first kappa shape index (κ1) is 12.9. The van der Waals surface area contributed by atoms with E-state index in [4.69, 9.17) is 10.5 Å². The van der Waals surface area contributed by atoms with E-state index in [-0.39, 0.29) is 0 Å². The highest BCUT2D eigenvalue weighted by atomic mass is 16.5. The number of anilines is 1. The summed E-state index contributed by atoms with van der Waals surface area (Å²) in [6, 6.07) is 5.63. The molecule has 0 unspecified atom stereocenters. The minimum atomic E-state index is 0.607. The molecule has 0 atom stereocenters. The number of hydrogen-bond acceptors (Lipinski definition) is 5. The number of nitrogens with zero attached hydrogens (tertiary/aromatic N) is 4. The molecule has 6 nitrogen and oxygen atoms in total. The second-order valence-electron chi connectivity index (χ2n) is 5.21. The summed E-state index contributed by atoms with van der Waals surface area (Å²) >= 11 is 0. The highest BCUT2D eigenvalue weighted by Crippen LogP contribution is 2.30. The molecule has 0 saturated heterocycles. The van der Waals surface area contributed by atoms with Gasteiger partial charge in [-0.3, -0.25) is 0 Å². The molecule has 1 heterocycles. The first-order valence-electron chi connectivity index (χ1n) is 7.06. The average molecular weight is 273 g/mol. The van der Waals surface area contributed by atoms with Gasteiger partial charge >= 0.3 is 0 Å². The van der Waals surface area contributed by atoms with Crippen molar-refractivity contribution in [2.24, 2.45) is 5.92 Å². The van der Waals surface area contributed by atoms with E-state index in [9.17, 15) is 0 Å². The second kappa shape index (κ2) is 5.48.